The van der Waals surface area contributed by atoms with E-state index in [0.29, 0.717) is 6.54 Å². The van der Waals surface area contributed by atoms with Crippen LogP contribution >= 0.6 is 0 Å². The molecule has 0 saturated carbocycles. The number of ether oxygens (including phenoxy) is 2. The minimum absolute atomic E-state index is 0.102. The summed E-state index contributed by atoms with van der Waals surface area (Å²) in [6.07, 6.45) is 13.3. The third-order valence-electron chi connectivity index (χ3n) is 4.99. The van der Waals surface area contributed by atoms with Crippen molar-refractivity contribution in [2.75, 3.05) is 13.1 Å². The summed E-state index contributed by atoms with van der Waals surface area (Å²) in [4.78, 5) is 31.3. The molecule has 0 fully saturated rings. The van der Waals surface area contributed by atoms with Gasteiger partial charge in [0.1, 0.15) is 23.6 Å². The molecule has 0 bridgehead atoms. The van der Waals surface area contributed by atoms with E-state index < -0.39 is 11.2 Å². The van der Waals surface area contributed by atoms with Crippen LogP contribution in [0.4, 0.5) is 0 Å². The lowest BCUT2D eigenvalue weighted by Crippen LogP contribution is -2.36. The number of hydrogen-bond acceptors (Lipinski definition) is 6. The topological polar surface area (TPSA) is 73.7 Å². The van der Waals surface area contributed by atoms with Crippen LogP contribution in [0.3, 0.4) is 0 Å². The van der Waals surface area contributed by atoms with Gasteiger partial charge in [-0.15, -0.1) is 0 Å². The molecule has 1 heterocycles. The molecule has 0 atom stereocenters. The normalized spacial score (nSPS) is 12.2. The number of carbonyl (C=O) groups excluding carboxylic acids is 2. The maximum Gasteiger partial charge on any atom is 0.326 e. The van der Waals surface area contributed by atoms with E-state index in [0.717, 1.165) is 25.2 Å². The zero-order chi connectivity index (χ0) is 24.9. The molecule has 1 aromatic rings. The Bertz CT molecular complexity index is 701. The zero-order valence-electron chi connectivity index (χ0n) is 22.1. The first kappa shape index (κ1) is 29.1. The molecular formula is C26H47N3O4. The summed E-state index contributed by atoms with van der Waals surface area (Å²) in [7, 11) is 0. The molecule has 0 N–H and O–H groups in total. The second-order valence-corrected chi connectivity index (χ2v) is 10.8. The van der Waals surface area contributed by atoms with Crippen LogP contribution in [0, 0.1) is 0 Å². The second kappa shape index (κ2) is 14.4. The van der Waals surface area contributed by atoms with Gasteiger partial charge >= 0.3 is 11.9 Å². The molecule has 190 valence electrons. The molecule has 0 radical (unpaired) electrons. The van der Waals surface area contributed by atoms with Crippen LogP contribution in [0.1, 0.15) is 106 Å². The van der Waals surface area contributed by atoms with Crippen LogP contribution in [0.5, 0.6) is 0 Å². The molecule has 0 unspecified atom stereocenters. The van der Waals surface area contributed by atoms with Gasteiger partial charge < -0.3 is 14.0 Å². The number of carbonyl (C=O) groups is 2. The molecule has 0 spiro atoms. The molecule has 0 aliphatic rings. The van der Waals surface area contributed by atoms with Crippen molar-refractivity contribution in [2.24, 2.45) is 0 Å². The van der Waals surface area contributed by atoms with Gasteiger partial charge in [0.15, 0.2) is 0 Å². The van der Waals surface area contributed by atoms with Crippen molar-refractivity contribution in [3.05, 3.63) is 18.2 Å². The Morgan fingerprint density at radius 1 is 0.879 bits per heavy atom. The molecular weight excluding hydrogens is 418 g/mol. The molecule has 0 amide bonds. The number of aromatic nitrogens is 2. The average Bonchev–Trinajstić information content (AvgIpc) is 3.07. The van der Waals surface area contributed by atoms with Gasteiger partial charge in [0, 0.05) is 12.4 Å². The number of rotatable bonds is 15. The van der Waals surface area contributed by atoms with E-state index >= 15 is 0 Å². The van der Waals surface area contributed by atoms with Gasteiger partial charge in [0.05, 0.1) is 13.1 Å². The van der Waals surface area contributed by atoms with E-state index in [-0.39, 0.29) is 25.0 Å². The summed E-state index contributed by atoms with van der Waals surface area (Å²) in [6, 6.07) is 0. The van der Waals surface area contributed by atoms with Crippen LogP contribution < -0.4 is 0 Å². The molecule has 0 saturated heterocycles. The van der Waals surface area contributed by atoms with Crippen LogP contribution in [0.15, 0.2) is 12.4 Å². The standard InChI is InChI=1S/C26H47N3O4/c1-8-9-10-11-12-13-14-15-17-28(20-23(30)32-25(2,3)4)19-22-27-16-18-29(22)21-24(31)33-26(5,6)7/h16,18H,8-15,17,19-21H2,1-7H3. The van der Waals surface area contributed by atoms with E-state index in [2.05, 4.69) is 16.8 Å². The first-order valence-electron chi connectivity index (χ1n) is 12.6. The van der Waals surface area contributed by atoms with E-state index in [4.69, 9.17) is 9.47 Å². The Morgan fingerprint density at radius 3 is 2.00 bits per heavy atom. The third-order valence-corrected chi connectivity index (χ3v) is 4.99. The van der Waals surface area contributed by atoms with Crippen molar-refractivity contribution >= 4 is 11.9 Å². The molecule has 1 aromatic heterocycles. The van der Waals surface area contributed by atoms with Gasteiger partial charge in [-0.25, -0.2) is 4.98 Å². The predicted octanol–water partition coefficient (Wildman–Crippen LogP) is 5.51. The lowest BCUT2D eigenvalue weighted by atomic mass is 10.1. The fourth-order valence-electron chi connectivity index (χ4n) is 3.59. The van der Waals surface area contributed by atoms with Gasteiger partial charge in [-0.05, 0) is 54.5 Å². The van der Waals surface area contributed by atoms with E-state index in [1.165, 1.54) is 38.5 Å². The quantitative estimate of drug-likeness (QED) is 0.251. The Kier molecular flexibility index (Phi) is 12.7. The van der Waals surface area contributed by atoms with E-state index in [1.807, 2.05) is 41.5 Å². The monoisotopic (exact) mass is 465 g/mol. The fourth-order valence-corrected chi connectivity index (χ4v) is 3.59. The van der Waals surface area contributed by atoms with Crippen LogP contribution in [-0.4, -0.2) is 50.7 Å². The minimum atomic E-state index is -0.531. The molecule has 7 heteroatoms. The van der Waals surface area contributed by atoms with Gasteiger partial charge in [-0.2, -0.15) is 0 Å². The van der Waals surface area contributed by atoms with E-state index in [9.17, 15) is 9.59 Å². The van der Waals surface area contributed by atoms with E-state index in [1.54, 1.807) is 17.0 Å². The Balaban J connectivity index is 2.67. The summed E-state index contributed by atoms with van der Waals surface area (Å²) in [5.41, 5.74) is -1.05. The lowest BCUT2D eigenvalue weighted by molar-refractivity contribution is -0.157. The van der Waals surface area contributed by atoms with Gasteiger partial charge in [0.2, 0.25) is 0 Å². The number of nitrogens with zero attached hydrogens (tertiary/aromatic N) is 3. The Hall–Kier alpha value is -1.89. The highest BCUT2D eigenvalue weighted by molar-refractivity contribution is 5.72. The number of esters is 2. The van der Waals surface area contributed by atoms with Crippen molar-refractivity contribution in [3.63, 3.8) is 0 Å². The van der Waals surface area contributed by atoms with Crippen molar-refractivity contribution < 1.29 is 19.1 Å². The van der Waals surface area contributed by atoms with Crippen molar-refractivity contribution in [2.45, 2.75) is 124 Å². The number of imidazole rings is 1. The Labute approximate surface area is 201 Å². The number of hydrogen-bond donors (Lipinski definition) is 0. The second-order valence-electron chi connectivity index (χ2n) is 10.8. The van der Waals surface area contributed by atoms with Gasteiger partial charge in [-0.3, -0.25) is 14.5 Å². The van der Waals surface area contributed by atoms with Gasteiger partial charge in [-0.1, -0.05) is 51.9 Å². The van der Waals surface area contributed by atoms with Gasteiger partial charge in [0.25, 0.3) is 0 Å². The third kappa shape index (κ3) is 14.8. The van der Waals surface area contributed by atoms with Crippen molar-refractivity contribution in [3.8, 4) is 0 Å². The molecule has 0 aliphatic carbocycles. The van der Waals surface area contributed by atoms with Crippen molar-refractivity contribution in [1.82, 2.24) is 14.5 Å². The number of unbranched alkanes of at least 4 members (excludes halogenated alkanes) is 7. The SMILES string of the molecule is CCCCCCCCCCN(CC(=O)OC(C)(C)C)Cc1nccn1CC(=O)OC(C)(C)C. The summed E-state index contributed by atoms with van der Waals surface area (Å²) in [5, 5.41) is 0. The first-order chi connectivity index (χ1) is 15.4. The Morgan fingerprint density at radius 2 is 1.42 bits per heavy atom. The molecule has 7 nitrogen and oxygen atoms in total. The summed E-state index contributed by atoms with van der Waals surface area (Å²) in [6.45, 7) is 15.0. The largest absolute Gasteiger partial charge is 0.459 e. The zero-order valence-corrected chi connectivity index (χ0v) is 22.1. The molecule has 0 aromatic carbocycles. The molecule has 0 aliphatic heterocycles. The summed E-state index contributed by atoms with van der Waals surface area (Å²) >= 11 is 0. The summed E-state index contributed by atoms with van der Waals surface area (Å²) < 4.78 is 12.8. The van der Waals surface area contributed by atoms with Crippen LogP contribution in [0.2, 0.25) is 0 Å². The predicted molar refractivity (Wildman–Crippen MR) is 132 cm³/mol. The highest BCUT2D eigenvalue weighted by atomic mass is 16.6. The first-order valence-corrected chi connectivity index (χ1v) is 12.6. The highest BCUT2D eigenvalue weighted by Gasteiger charge is 2.21. The molecule has 33 heavy (non-hydrogen) atoms. The minimum Gasteiger partial charge on any atom is -0.459 e. The smallest absolute Gasteiger partial charge is 0.326 e. The van der Waals surface area contributed by atoms with Crippen LogP contribution in [0.25, 0.3) is 0 Å². The highest BCUT2D eigenvalue weighted by Crippen LogP contribution is 2.13. The van der Waals surface area contributed by atoms with Crippen LogP contribution in [-0.2, 0) is 32.2 Å². The average molecular weight is 466 g/mol. The van der Waals surface area contributed by atoms with Crippen molar-refractivity contribution in [1.29, 1.82) is 0 Å². The summed E-state index contributed by atoms with van der Waals surface area (Å²) in [5.74, 6) is 0.194. The molecule has 1 rings (SSSR count). The maximum atomic E-state index is 12.5. The fraction of sp³-hybridized carbons (Fsp3) is 0.808. The lowest BCUT2D eigenvalue weighted by Gasteiger charge is -2.25. The maximum absolute atomic E-state index is 12.5.